The summed E-state index contributed by atoms with van der Waals surface area (Å²) in [5, 5.41) is 5.96. The molecule has 0 bridgehead atoms. The number of ether oxygens (including phenoxy) is 2. The summed E-state index contributed by atoms with van der Waals surface area (Å²) in [6.45, 7) is 3.12. The highest BCUT2D eigenvalue weighted by Crippen LogP contribution is 2.28. The van der Waals surface area contributed by atoms with Gasteiger partial charge in [0.1, 0.15) is 11.5 Å². The third-order valence-electron chi connectivity index (χ3n) is 3.68. The molecule has 2 amide bonds. The Hall–Kier alpha value is -3.13. The highest BCUT2D eigenvalue weighted by Gasteiger charge is 2.17. The molecule has 0 aliphatic carbocycles. The van der Waals surface area contributed by atoms with E-state index >= 15 is 0 Å². The molecule has 3 rings (SSSR count). The van der Waals surface area contributed by atoms with Crippen LogP contribution in [-0.4, -0.2) is 30.0 Å². The molecule has 1 aromatic heterocycles. The van der Waals surface area contributed by atoms with Crippen molar-refractivity contribution in [3.8, 4) is 11.5 Å². The number of thiazole rings is 1. The lowest BCUT2D eigenvalue weighted by atomic mass is 10.3. The largest absolute Gasteiger partial charge is 0.497 e. The molecule has 0 aliphatic rings. The number of hydrogen-bond acceptors (Lipinski definition) is 6. The summed E-state index contributed by atoms with van der Waals surface area (Å²) in [5.41, 5.74) is 1.43. The van der Waals surface area contributed by atoms with Crippen molar-refractivity contribution in [1.82, 2.24) is 4.98 Å². The second-order valence-corrected chi connectivity index (χ2v) is 6.84. The van der Waals surface area contributed by atoms with Gasteiger partial charge in [-0.15, -0.1) is 0 Å². The number of methoxy groups -OCH3 is 1. The van der Waals surface area contributed by atoms with E-state index in [2.05, 4.69) is 15.6 Å². The molecule has 0 aliphatic heterocycles. The van der Waals surface area contributed by atoms with E-state index in [0.29, 0.717) is 22.3 Å². The molecule has 0 radical (unpaired) electrons. The first-order valence-corrected chi connectivity index (χ1v) is 9.06. The number of nitrogens with one attached hydrogen (secondary N) is 2. The average molecular weight is 385 g/mol. The predicted octanol–water partition coefficient (Wildman–Crippen LogP) is 3.67. The highest BCUT2D eigenvalue weighted by atomic mass is 32.1. The molecule has 0 saturated carbocycles. The van der Waals surface area contributed by atoms with Crippen LogP contribution in [0.5, 0.6) is 11.5 Å². The van der Waals surface area contributed by atoms with Gasteiger partial charge in [0.05, 0.1) is 17.3 Å². The van der Waals surface area contributed by atoms with Crippen molar-refractivity contribution in [2.24, 2.45) is 0 Å². The van der Waals surface area contributed by atoms with Crippen LogP contribution < -0.4 is 20.1 Å². The summed E-state index contributed by atoms with van der Waals surface area (Å²) >= 11 is 1.33. The number of nitrogens with zero attached hydrogens (tertiary/aromatic N) is 1. The molecule has 0 saturated heterocycles. The van der Waals surface area contributed by atoms with Gasteiger partial charge in [-0.3, -0.25) is 14.9 Å². The Balaban J connectivity index is 1.66. The van der Waals surface area contributed by atoms with Crippen molar-refractivity contribution in [2.45, 2.75) is 20.0 Å². The van der Waals surface area contributed by atoms with Crippen LogP contribution in [0.1, 0.15) is 13.8 Å². The Labute approximate surface area is 160 Å². The zero-order valence-corrected chi connectivity index (χ0v) is 15.9. The number of benzene rings is 2. The molecule has 27 heavy (non-hydrogen) atoms. The van der Waals surface area contributed by atoms with E-state index in [1.54, 1.807) is 50.4 Å². The Morgan fingerprint density at radius 2 is 1.78 bits per heavy atom. The van der Waals surface area contributed by atoms with Gasteiger partial charge < -0.3 is 14.8 Å². The highest BCUT2D eigenvalue weighted by molar-refractivity contribution is 7.22. The van der Waals surface area contributed by atoms with Gasteiger partial charge in [0.25, 0.3) is 5.91 Å². The van der Waals surface area contributed by atoms with E-state index in [9.17, 15) is 9.59 Å². The summed E-state index contributed by atoms with van der Waals surface area (Å²) in [7, 11) is 1.59. The molecule has 3 aromatic rings. The van der Waals surface area contributed by atoms with Crippen molar-refractivity contribution in [3.63, 3.8) is 0 Å². The monoisotopic (exact) mass is 385 g/mol. The van der Waals surface area contributed by atoms with Crippen LogP contribution in [0.15, 0.2) is 42.5 Å². The minimum Gasteiger partial charge on any atom is -0.497 e. The quantitative estimate of drug-likeness (QED) is 0.676. The number of rotatable bonds is 6. The fourth-order valence-corrected chi connectivity index (χ4v) is 3.29. The first-order chi connectivity index (χ1) is 12.9. The van der Waals surface area contributed by atoms with Gasteiger partial charge in [0.2, 0.25) is 5.91 Å². The van der Waals surface area contributed by atoms with Gasteiger partial charge >= 0.3 is 0 Å². The predicted molar refractivity (Wildman–Crippen MR) is 106 cm³/mol. The second-order valence-electron chi connectivity index (χ2n) is 5.81. The molecular formula is C19H19N3O4S. The van der Waals surface area contributed by atoms with Crippen LogP contribution in [0.2, 0.25) is 0 Å². The van der Waals surface area contributed by atoms with Crippen molar-refractivity contribution in [2.75, 3.05) is 17.7 Å². The van der Waals surface area contributed by atoms with Gasteiger partial charge in [0.15, 0.2) is 11.2 Å². The Bertz CT molecular complexity index is 969. The second kappa shape index (κ2) is 8.05. The third kappa shape index (κ3) is 4.73. The van der Waals surface area contributed by atoms with Crippen LogP contribution >= 0.6 is 11.3 Å². The summed E-state index contributed by atoms with van der Waals surface area (Å²) < 4.78 is 11.6. The lowest BCUT2D eigenvalue weighted by molar-refractivity contribution is -0.122. The molecule has 1 heterocycles. The summed E-state index contributed by atoms with van der Waals surface area (Å²) in [6, 6.07) is 12.4. The minimum atomic E-state index is -0.694. The number of anilines is 2. The minimum absolute atomic E-state index is 0.142. The number of aromatic nitrogens is 1. The Kier molecular flexibility index (Phi) is 5.56. The Morgan fingerprint density at radius 1 is 1.07 bits per heavy atom. The van der Waals surface area contributed by atoms with E-state index in [4.69, 9.17) is 9.47 Å². The first-order valence-electron chi connectivity index (χ1n) is 8.24. The van der Waals surface area contributed by atoms with Crippen molar-refractivity contribution in [3.05, 3.63) is 42.5 Å². The summed E-state index contributed by atoms with van der Waals surface area (Å²) in [4.78, 5) is 27.9. The molecule has 1 unspecified atom stereocenters. The average Bonchev–Trinajstić information content (AvgIpc) is 3.03. The normalized spacial score (nSPS) is 11.7. The SMILES string of the molecule is COc1ccc(OC(C)C(=O)Nc2nc3ccc(NC(C)=O)cc3s2)cc1. The number of carbonyl (C=O) groups excluding carboxylic acids is 2. The molecule has 0 spiro atoms. The van der Waals surface area contributed by atoms with Crippen LogP contribution in [0, 0.1) is 0 Å². The number of fused-ring (bicyclic) bond motifs is 1. The molecule has 2 aromatic carbocycles. The smallest absolute Gasteiger partial charge is 0.266 e. The molecule has 1 atom stereocenters. The van der Waals surface area contributed by atoms with Crippen LogP contribution in [0.25, 0.3) is 10.2 Å². The summed E-state index contributed by atoms with van der Waals surface area (Å²) in [5.74, 6) is 0.846. The fourth-order valence-electron chi connectivity index (χ4n) is 2.38. The van der Waals surface area contributed by atoms with Gasteiger partial charge in [0, 0.05) is 12.6 Å². The number of hydrogen-bond donors (Lipinski definition) is 2. The van der Waals surface area contributed by atoms with Gasteiger partial charge in [-0.1, -0.05) is 11.3 Å². The fraction of sp³-hybridized carbons (Fsp3) is 0.211. The number of carbonyl (C=O) groups is 2. The third-order valence-corrected chi connectivity index (χ3v) is 4.61. The van der Waals surface area contributed by atoms with Crippen LogP contribution in [-0.2, 0) is 9.59 Å². The Morgan fingerprint density at radius 3 is 2.44 bits per heavy atom. The van der Waals surface area contributed by atoms with E-state index < -0.39 is 6.10 Å². The first kappa shape index (κ1) is 18.7. The summed E-state index contributed by atoms with van der Waals surface area (Å²) in [6.07, 6.45) is -0.694. The zero-order valence-electron chi connectivity index (χ0n) is 15.1. The molecule has 7 nitrogen and oxygen atoms in total. The van der Waals surface area contributed by atoms with Crippen molar-refractivity contribution < 1.29 is 19.1 Å². The molecule has 8 heteroatoms. The molecule has 2 N–H and O–H groups in total. The van der Waals surface area contributed by atoms with Gasteiger partial charge in [-0.2, -0.15) is 0 Å². The van der Waals surface area contributed by atoms with Crippen LogP contribution in [0.4, 0.5) is 10.8 Å². The molecule has 0 fully saturated rings. The maximum atomic E-state index is 12.4. The standard InChI is InChI=1S/C19H19N3O4S/c1-11(26-15-7-5-14(25-3)6-8-15)18(24)22-19-21-16-9-4-13(20-12(2)23)10-17(16)27-19/h4-11H,1-3H3,(H,20,23)(H,21,22,24). The zero-order chi connectivity index (χ0) is 19.4. The topological polar surface area (TPSA) is 89.6 Å². The van der Waals surface area contributed by atoms with E-state index in [-0.39, 0.29) is 11.8 Å². The van der Waals surface area contributed by atoms with Crippen molar-refractivity contribution in [1.29, 1.82) is 0 Å². The van der Waals surface area contributed by atoms with E-state index in [1.807, 2.05) is 6.07 Å². The lowest BCUT2D eigenvalue weighted by Gasteiger charge is -2.13. The molecular weight excluding hydrogens is 366 g/mol. The molecule has 140 valence electrons. The van der Waals surface area contributed by atoms with Gasteiger partial charge in [-0.25, -0.2) is 4.98 Å². The van der Waals surface area contributed by atoms with Crippen molar-refractivity contribution >= 4 is 44.2 Å². The lowest BCUT2D eigenvalue weighted by Crippen LogP contribution is -2.30. The van der Waals surface area contributed by atoms with Gasteiger partial charge in [-0.05, 0) is 49.4 Å². The number of amides is 2. The maximum Gasteiger partial charge on any atom is 0.266 e. The van der Waals surface area contributed by atoms with E-state index in [1.165, 1.54) is 18.3 Å². The van der Waals surface area contributed by atoms with E-state index in [0.717, 1.165) is 10.2 Å². The maximum absolute atomic E-state index is 12.4. The van der Waals surface area contributed by atoms with Crippen LogP contribution in [0.3, 0.4) is 0 Å².